The predicted octanol–water partition coefficient (Wildman–Crippen LogP) is 2.22. The fourth-order valence-corrected chi connectivity index (χ4v) is 5.76. The number of carbonyl (C=O) groups excluding carboxylic acids is 2. The third kappa shape index (κ3) is 7.86. The molecule has 1 fully saturated rings. The molecule has 0 spiro atoms. The number of aryl methyl sites for hydroxylation is 1. The van der Waals surface area contributed by atoms with E-state index in [4.69, 9.17) is 15.6 Å². The molecule has 1 saturated heterocycles. The molecule has 1 aliphatic rings. The molecule has 15 nitrogen and oxygen atoms in total. The lowest BCUT2D eigenvalue weighted by molar-refractivity contribution is -0.122. The molecule has 0 unspecified atom stereocenters. The van der Waals surface area contributed by atoms with E-state index >= 15 is 0 Å². The standard InChI is InChI=1S/C33H42N12O3/c1-2-43-13-15-44(16-14-43)33-38-20-25(21-39-33)32(47)37-11-18-48-17-8-27(46)36-9-3-4-12-45-31-28(30(34)40-22-41-31)29(42-45)24-5-6-26-23(19-24)7-10-35-26/h5-7,10,19-22,35H,2-4,8-9,11-18H2,1H3,(H,36,46)(H,37,47)(H2,34,40,41). The van der Waals surface area contributed by atoms with Crippen LogP contribution in [0.4, 0.5) is 11.8 Å². The minimum Gasteiger partial charge on any atom is -0.383 e. The maximum atomic E-state index is 12.4. The number of anilines is 2. The molecule has 0 radical (unpaired) electrons. The second-order valence-electron chi connectivity index (χ2n) is 11.7. The van der Waals surface area contributed by atoms with Crippen LogP contribution in [-0.2, 0) is 16.1 Å². The van der Waals surface area contributed by atoms with Crippen LogP contribution in [-0.4, -0.2) is 110 Å². The zero-order valence-electron chi connectivity index (χ0n) is 27.2. The van der Waals surface area contributed by atoms with Crippen LogP contribution in [0.25, 0.3) is 33.2 Å². The van der Waals surface area contributed by atoms with Crippen molar-refractivity contribution in [2.45, 2.75) is 32.7 Å². The number of unbranched alkanes of at least 4 members (excludes halogenated alkanes) is 1. The van der Waals surface area contributed by atoms with Gasteiger partial charge in [-0.05, 0) is 37.6 Å². The molecule has 0 atom stereocenters. The van der Waals surface area contributed by atoms with E-state index < -0.39 is 0 Å². The quantitative estimate of drug-likeness (QED) is 0.121. The van der Waals surface area contributed by atoms with Gasteiger partial charge in [0.2, 0.25) is 11.9 Å². The maximum Gasteiger partial charge on any atom is 0.254 e. The summed E-state index contributed by atoms with van der Waals surface area (Å²) in [5.41, 5.74) is 10.1. The van der Waals surface area contributed by atoms with Gasteiger partial charge in [0.15, 0.2) is 5.65 Å². The van der Waals surface area contributed by atoms with Gasteiger partial charge in [-0.2, -0.15) is 5.10 Å². The van der Waals surface area contributed by atoms with Gasteiger partial charge in [0, 0.05) is 87.3 Å². The lowest BCUT2D eigenvalue weighted by atomic mass is 10.1. The number of carbonyl (C=O) groups is 2. The van der Waals surface area contributed by atoms with Crippen molar-refractivity contribution in [3.63, 3.8) is 0 Å². The highest BCUT2D eigenvalue weighted by Gasteiger charge is 2.19. The molecular weight excluding hydrogens is 612 g/mol. The Morgan fingerprint density at radius 3 is 2.62 bits per heavy atom. The summed E-state index contributed by atoms with van der Waals surface area (Å²) in [5, 5.41) is 12.4. The Morgan fingerprint density at radius 2 is 1.81 bits per heavy atom. The zero-order valence-corrected chi connectivity index (χ0v) is 27.2. The number of H-pyrrole nitrogens is 1. The minimum atomic E-state index is -0.257. The van der Waals surface area contributed by atoms with Crippen LogP contribution in [0.15, 0.2) is 49.2 Å². The Balaban J connectivity index is 0.860. The van der Waals surface area contributed by atoms with Crippen LogP contribution in [0, 0.1) is 0 Å². The number of piperazine rings is 1. The zero-order chi connectivity index (χ0) is 33.3. The minimum absolute atomic E-state index is 0.0835. The highest BCUT2D eigenvalue weighted by atomic mass is 16.5. The third-order valence-electron chi connectivity index (χ3n) is 8.51. The average Bonchev–Trinajstić information content (AvgIpc) is 3.75. The molecule has 15 heteroatoms. The van der Waals surface area contributed by atoms with Crippen LogP contribution < -0.4 is 21.3 Å². The summed E-state index contributed by atoms with van der Waals surface area (Å²) in [7, 11) is 0. The maximum absolute atomic E-state index is 12.4. The number of nitrogens with one attached hydrogen (secondary N) is 3. The van der Waals surface area contributed by atoms with Crippen molar-refractivity contribution in [3.05, 3.63) is 54.7 Å². The number of nitrogen functional groups attached to an aromatic ring is 1. The van der Waals surface area contributed by atoms with Crippen molar-refractivity contribution in [1.82, 2.24) is 50.2 Å². The molecule has 0 aliphatic carbocycles. The summed E-state index contributed by atoms with van der Waals surface area (Å²) in [6, 6.07) is 8.13. The van der Waals surface area contributed by atoms with Gasteiger partial charge in [0.05, 0.1) is 24.2 Å². The summed E-state index contributed by atoms with van der Waals surface area (Å²) >= 11 is 0. The highest BCUT2D eigenvalue weighted by molar-refractivity contribution is 6.00. The number of nitrogens with two attached hydrogens (primary N) is 1. The van der Waals surface area contributed by atoms with Crippen molar-refractivity contribution in [1.29, 1.82) is 0 Å². The van der Waals surface area contributed by atoms with E-state index in [-0.39, 0.29) is 24.8 Å². The first-order valence-electron chi connectivity index (χ1n) is 16.5. The van der Waals surface area contributed by atoms with Crippen LogP contribution >= 0.6 is 0 Å². The number of rotatable bonds is 15. The van der Waals surface area contributed by atoms with Crippen molar-refractivity contribution >= 4 is 45.5 Å². The second-order valence-corrected chi connectivity index (χ2v) is 11.7. The Kier molecular flexibility index (Phi) is 10.7. The van der Waals surface area contributed by atoms with E-state index in [1.165, 1.54) is 6.33 Å². The molecule has 252 valence electrons. The number of hydrogen-bond donors (Lipinski definition) is 4. The largest absolute Gasteiger partial charge is 0.383 e. The molecule has 6 rings (SSSR count). The number of ether oxygens (including phenoxy) is 1. The first kappa shape index (κ1) is 32.8. The smallest absolute Gasteiger partial charge is 0.254 e. The molecular formula is C33H42N12O3. The number of likely N-dealkylation sites (N-methyl/N-ethyl adjacent to an activating group) is 1. The fourth-order valence-electron chi connectivity index (χ4n) is 5.76. The lowest BCUT2D eigenvalue weighted by Crippen LogP contribution is -2.46. The Morgan fingerprint density at radius 1 is 0.979 bits per heavy atom. The van der Waals surface area contributed by atoms with E-state index in [9.17, 15) is 9.59 Å². The summed E-state index contributed by atoms with van der Waals surface area (Å²) in [6.45, 7) is 8.96. The fraction of sp³-hybridized carbons (Fsp3) is 0.424. The second kappa shape index (κ2) is 15.6. The van der Waals surface area contributed by atoms with Gasteiger partial charge in [-0.25, -0.2) is 24.6 Å². The van der Waals surface area contributed by atoms with E-state index in [2.05, 4.69) is 58.3 Å². The molecule has 5 heterocycles. The monoisotopic (exact) mass is 654 g/mol. The number of aromatic nitrogens is 7. The van der Waals surface area contributed by atoms with Gasteiger partial charge in [-0.1, -0.05) is 13.0 Å². The van der Waals surface area contributed by atoms with E-state index in [1.54, 1.807) is 12.4 Å². The lowest BCUT2D eigenvalue weighted by Gasteiger charge is -2.33. The summed E-state index contributed by atoms with van der Waals surface area (Å²) in [6.07, 6.45) is 8.27. The van der Waals surface area contributed by atoms with E-state index in [0.29, 0.717) is 49.2 Å². The molecule has 1 aliphatic heterocycles. The van der Waals surface area contributed by atoms with Gasteiger partial charge >= 0.3 is 0 Å². The molecule has 0 bridgehead atoms. The third-order valence-corrected chi connectivity index (χ3v) is 8.51. The SMILES string of the molecule is CCN1CCN(c2ncc(C(=O)NCCOCCC(=O)NCCCCn3nc(-c4ccc5[nH]ccc5c4)c4c(N)ncnc43)cn2)CC1. The predicted molar refractivity (Wildman–Crippen MR) is 183 cm³/mol. The Bertz CT molecular complexity index is 1830. The van der Waals surface area contributed by atoms with Gasteiger partial charge in [-0.15, -0.1) is 0 Å². The molecule has 0 saturated carbocycles. The van der Waals surface area contributed by atoms with Gasteiger partial charge < -0.3 is 35.9 Å². The highest BCUT2D eigenvalue weighted by Crippen LogP contribution is 2.31. The molecule has 1 aromatic carbocycles. The Labute approximate surface area is 278 Å². The number of amides is 2. The average molecular weight is 655 g/mol. The number of hydrogen-bond acceptors (Lipinski definition) is 11. The van der Waals surface area contributed by atoms with Crippen molar-refractivity contribution in [2.75, 3.05) is 69.7 Å². The number of nitrogens with zero attached hydrogens (tertiary/aromatic N) is 8. The van der Waals surface area contributed by atoms with Crippen molar-refractivity contribution < 1.29 is 14.3 Å². The van der Waals surface area contributed by atoms with Crippen LogP contribution in [0.1, 0.15) is 36.5 Å². The van der Waals surface area contributed by atoms with Gasteiger partial charge in [-0.3, -0.25) is 9.59 Å². The molecule has 2 amide bonds. The molecule has 5 aromatic rings. The first-order chi connectivity index (χ1) is 23.5. The van der Waals surface area contributed by atoms with Crippen LogP contribution in [0.2, 0.25) is 0 Å². The first-order valence-corrected chi connectivity index (χ1v) is 16.5. The van der Waals surface area contributed by atoms with Crippen LogP contribution in [0.5, 0.6) is 0 Å². The van der Waals surface area contributed by atoms with E-state index in [1.807, 2.05) is 29.1 Å². The van der Waals surface area contributed by atoms with Gasteiger partial charge in [0.25, 0.3) is 5.91 Å². The summed E-state index contributed by atoms with van der Waals surface area (Å²) in [4.78, 5) is 49.9. The number of aromatic amines is 1. The topological polar surface area (TPSA) is 185 Å². The van der Waals surface area contributed by atoms with E-state index in [0.717, 1.165) is 73.1 Å². The Hall–Kier alpha value is -5.15. The van der Waals surface area contributed by atoms with Gasteiger partial charge in [0.1, 0.15) is 17.8 Å². The normalized spacial score (nSPS) is 13.7. The van der Waals surface area contributed by atoms with Crippen molar-refractivity contribution in [3.8, 4) is 11.3 Å². The number of benzene rings is 1. The molecule has 48 heavy (non-hydrogen) atoms. The summed E-state index contributed by atoms with van der Waals surface area (Å²) in [5.74, 6) is 0.697. The number of fused-ring (bicyclic) bond motifs is 2. The molecule has 5 N–H and O–H groups in total. The van der Waals surface area contributed by atoms with Crippen LogP contribution in [0.3, 0.4) is 0 Å². The summed E-state index contributed by atoms with van der Waals surface area (Å²) < 4.78 is 7.40. The van der Waals surface area contributed by atoms with Crippen molar-refractivity contribution in [2.24, 2.45) is 0 Å². The molecule has 4 aromatic heterocycles.